The Morgan fingerprint density at radius 2 is 2.05 bits per heavy atom. The smallest absolute Gasteiger partial charge is 0.263 e. The van der Waals surface area contributed by atoms with Crippen LogP contribution in [0.1, 0.15) is 10.4 Å². The lowest BCUT2D eigenvalue weighted by molar-refractivity contribution is 0.0989. The van der Waals surface area contributed by atoms with Crippen LogP contribution in [0.2, 0.25) is 0 Å². The second-order valence-corrected chi connectivity index (χ2v) is 5.68. The summed E-state index contributed by atoms with van der Waals surface area (Å²) in [5.41, 5.74) is 0.998. The zero-order valence-corrected chi connectivity index (χ0v) is 12.9. The maximum atomic E-state index is 13.4. The molecule has 1 heterocycles. The molecule has 0 spiro atoms. The Hall–Kier alpha value is -2.47. The molecule has 0 atom stereocenters. The number of aromatic nitrogens is 1. The first kappa shape index (κ1) is 14.5. The predicted octanol–water partition coefficient (Wildman–Crippen LogP) is 3.72. The molecule has 6 heteroatoms. The lowest BCUT2D eigenvalue weighted by Gasteiger charge is -2.15. The summed E-state index contributed by atoms with van der Waals surface area (Å²) in [6.45, 7) is 0. The highest BCUT2D eigenvalue weighted by molar-refractivity contribution is 7.22. The van der Waals surface area contributed by atoms with Crippen LogP contribution in [0.4, 0.5) is 9.52 Å². The van der Waals surface area contributed by atoms with Crippen LogP contribution in [-0.4, -0.2) is 25.0 Å². The lowest BCUT2D eigenvalue weighted by atomic mass is 10.1. The molecule has 3 rings (SSSR count). The van der Waals surface area contributed by atoms with Crippen molar-refractivity contribution in [1.29, 1.82) is 0 Å². The molecule has 0 bridgehead atoms. The SMILES string of the molecule is COc1ccc(F)cc1C(=O)N(C)c1nc2ccccc2s1. The molecule has 112 valence electrons. The second kappa shape index (κ2) is 5.73. The number of carbonyl (C=O) groups excluding carboxylic acids is 1. The number of benzene rings is 2. The number of hydrogen-bond acceptors (Lipinski definition) is 4. The normalized spacial score (nSPS) is 10.7. The number of nitrogens with zero attached hydrogens (tertiary/aromatic N) is 2. The van der Waals surface area contributed by atoms with Gasteiger partial charge < -0.3 is 4.74 Å². The molecule has 0 saturated heterocycles. The largest absolute Gasteiger partial charge is 0.496 e. The van der Waals surface area contributed by atoms with E-state index in [1.54, 1.807) is 7.05 Å². The van der Waals surface area contributed by atoms with Gasteiger partial charge in [-0.1, -0.05) is 23.5 Å². The molecule has 0 saturated carbocycles. The van der Waals surface area contributed by atoms with Gasteiger partial charge in [-0.05, 0) is 30.3 Å². The first-order valence-electron chi connectivity index (χ1n) is 6.57. The van der Waals surface area contributed by atoms with E-state index < -0.39 is 5.82 Å². The minimum absolute atomic E-state index is 0.171. The van der Waals surface area contributed by atoms with Gasteiger partial charge in [-0.15, -0.1) is 0 Å². The lowest BCUT2D eigenvalue weighted by Crippen LogP contribution is -2.26. The fourth-order valence-corrected chi connectivity index (χ4v) is 3.04. The summed E-state index contributed by atoms with van der Waals surface area (Å²) in [7, 11) is 3.06. The molecule has 2 aromatic carbocycles. The van der Waals surface area contributed by atoms with E-state index in [0.717, 1.165) is 10.2 Å². The van der Waals surface area contributed by atoms with E-state index >= 15 is 0 Å². The topological polar surface area (TPSA) is 42.4 Å². The Balaban J connectivity index is 1.99. The number of thiazole rings is 1. The van der Waals surface area contributed by atoms with Crippen molar-refractivity contribution in [2.24, 2.45) is 0 Å². The average molecular weight is 316 g/mol. The Morgan fingerprint density at radius 1 is 1.27 bits per heavy atom. The van der Waals surface area contributed by atoms with E-state index in [-0.39, 0.29) is 11.5 Å². The van der Waals surface area contributed by atoms with Gasteiger partial charge in [-0.25, -0.2) is 9.37 Å². The van der Waals surface area contributed by atoms with Gasteiger partial charge in [0.15, 0.2) is 5.13 Å². The molecule has 0 aliphatic rings. The molecular weight excluding hydrogens is 303 g/mol. The Bertz CT molecular complexity index is 814. The molecule has 0 radical (unpaired) electrons. The van der Waals surface area contributed by atoms with E-state index in [1.807, 2.05) is 24.3 Å². The Labute approximate surface area is 130 Å². The predicted molar refractivity (Wildman–Crippen MR) is 85.3 cm³/mol. The molecule has 22 heavy (non-hydrogen) atoms. The maximum absolute atomic E-state index is 13.4. The summed E-state index contributed by atoms with van der Waals surface area (Å²) in [6.07, 6.45) is 0. The van der Waals surface area contributed by atoms with Crippen molar-refractivity contribution in [3.8, 4) is 5.75 Å². The highest BCUT2D eigenvalue weighted by atomic mass is 32.1. The molecule has 1 aromatic heterocycles. The van der Waals surface area contributed by atoms with E-state index in [2.05, 4.69) is 4.98 Å². The monoisotopic (exact) mass is 316 g/mol. The number of carbonyl (C=O) groups is 1. The number of halogens is 1. The van der Waals surface area contributed by atoms with Crippen molar-refractivity contribution in [2.45, 2.75) is 0 Å². The second-order valence-electron chi connectivity index (χ2n) is 4.67. The summed E-state index contributed by atoms with van der Waals surface area (Å²) >= 11 is 1.41. The maximum Gasteiger partial charge on any atom is 0.263 e. The molecule has 0 N–H and O–H groups in total. The minimum Gasteiger partial charge on any atom is -0.496 e. The molecule has 0 aliphatic heterocycles. The Morgan fingerprint density at radius 3 is 2.77 bits per heavy atom. The molecule has 0 aliphatic carbocycles. The van der Waals surface area contributed by atoms with Crippen molar-refractivity contribution in [3.05, 3.63) is 53.8 Å². The van der Waals surface area contributed by atoms with Crippen LogP contribution in [0.3, 0.4) is 0 Å². The number of para-hydroxylation sites is 1. The van der Waals surface area contributed by atoms with E-state index in [0.29, 0.717) is 10.9 Å². The van der Waals surface area contributed by atoms with Crippen molar-refractivity contribution >= 4 is 32.6 Å². The van der Waals surface area contributed by atoms with Crippen LogP contribution >= 0.6 is 11.3 Å². The quantitative estimate of drug-likeness (QED) is 0.739. The highest BCUT2D eigenvalue weighted by Gasteiger charge is 2.21. The number of hydrogen-bond donors (Lipinski definition) is 0. The van der Waals surface area contributed by atoms with E-state index in [9.17, 15) is 9.18 Å². The number of fused-ring (bicyclic) bond motifs is 1. The van der Waals surface area contributed by atoms with E-state index in [1.165, 1.54) is 41.5 Å². The van der Waals surface area contributed by atoms with Gasteiger partial charge in [0.25, 0.3) is 5.91 Å². The van der Waals surface area contributed by atoms with Crippen LogP contribution < -0.4 is 9.64 Å². The van der Waals surface area contributed by atoms with Crippen molar-refractivity contribution in [2.75, 3.05) is 19.1 Å². The standard InChI is InChI=1S/C16H13FN2O2S/c1-19(16-18-12-5-3-4-6-14(12)22-16)15(20)11-9-10(17)7-8-13(11)21-2/h3-9H,1-2H3. The molecule has 4 nitrogen and oxygen atoms in total. The highest BCUT2D eigenvalue weighted by Crippen LogP contribution is 2.30. The first-order valence-corrected chi connectivity index (χ1v) is 7.39. The summed E-state index contributed by atoms with van der Waals surface area (Å²) < 4.78 is 19.6. The number of ether oxygens (including phenoxy) is 1. The van der Waals surface area contributed by atoms with Crippen LogP contribution in [0.5, 0.6) is 5.75 Å². The van der Waals surface area contributed by atoms with E-state index in [4.69, 9.17) is 4.74 Å². The Kier molecular flexibility index (Phi) is 3.77. The molecular formula is C16H13FN2O2S. The van der Waals surface area contributed by atoms with Gasteiger partial charge in [-0.2, -0.15) is 0 Å². The third-order valence-corrected chi connectivity index (χ3v) is 4.38. The zero-order valence-electron chi connectivity index (χ0n) is 12.0. The van der Waals surface area contributed by atoms with Gasteiger partial charge in [0, 0.05) is 7.05 Å². The fourth-order valence-electron chi connectivity index (χ4n) is 2.12. The number of methoxy groups -OCH3 is 1. The zero-order chi connectivity index (χ0) is 15.7. The summed E-state index contributed by atoms with van der Waals surface area (Å²) in [4.78, 5) is 18.4. The average Bonchev–Trinajstić information content (AvgIpc) is 2.97. The van der Waals surface area contributed by atoms with Crippen LogP contribution in [0.15, 0.2) is 42.5 Å². The molecule has 0 unspecified atom stereocenters. The van der Waals surface area contributed by atoms with Crippen molar-refractivity contribution < 1.29 is 13.9 Å². The number of anilines is 1. The third kappa shape index (κ3) is 2.53. The molecule has 1 amide bonds. The van der Waals surface area contributed by atoms with Crippen molar-refractivity contribution in [1.82, 2.24) is 4.98 Å². The summed E-state index contributed by atoms with van der Waals surface area (Å²) in [5, 5.41) is 0.553. The summed E-state index contributed by atoms with van der Waals surface area (Å²) in [6, 6.07) is 11.5. The first-order chi connectivity index (χ1) is 10.6. The minimum atomic E-state index is -0.484. The molecule has 0 fully saturated rings. The van der Waals surface area contributed by atoms with Crippen molar-refractivity contribution in [3.63, 3.8) is 0 Å². The van der Waals surface area contributed by atoms with Crippen LogP contribution in [0, 0.1) is 5.82 Å². The van der Waals surface area contributed by atoms with Gasteiger partial charge in [0.1, 0.15) is 11.6 Å². The van der Waals surface area contributed by atoms with Gasteiger partial charge >= 0.3 is 0 Å². The van der Waals surface area contributed by atoms with Crippen LogP contribution in [0.25, 0.3) is 10.2 Å². The van der Waals surface area contributed by atoms with Gasteiger partial charge in [-0.3, -0.25) is 9.69 Å². The number of amides is 1. The van der Waals surface area contributed by atoms with Crippen LogP contribution in [-0.2, 0) is 0 Å². The summed E-state index contributed by atoms with van der Waals surface area (Å²) in [5.74, 6) is -0.517. The molecule has 3 aromatic rings. The number of rotatable bonds is 3. The fraction of sp³-hybridized carbons (Fsp3) is 0.125. The third-order valence-electron chi connectivity index (χ3n) is 3.27. The van der Waals surface area contributed by atoms with Gasteiger partial charge in [0.05, 0.1) is 22.9 Å². The van der Waals surface area contributed by atoms with Gasteiger partial charge in [0.2, 0.25) is 0 Å².